The van der Waals surface area contributed by atoms with Gasteiger partial charge in [-0.05, 0) is 32.2 Å². The van der Waals surface area contributed by atoms with Crippen molar-refractivity contribution in [2.75, 3.05) is 31.6 Å². The summed E-state index contributed by atoms with van der Waals surface area (Å²) in [5, 5.41) is 0. The van der Waals surface area contributed by atoms with Gasteiger partial charge in [-0.25, -0.2) is 4.98 Å². The third-order valence-electron chi connectivity index (χ3n) is 3.79. The van der Waals surface area contributed by atoms with Gasteiger partial charge in [0.2, 0.25) is 0 Å². The lowest BCUT2D eigenvalue weighted by Gasteiger charge is -2.31. The van der Waals surface area contributed by atoms with Crippen LogP contribution in [0, 0.1) is 5.92 Å². The third kappa shape index (κ3) is 3.81. The number of nitrogens with zero attached hydrogens (tertiary/aromatic N) is 2. The van der Waals surface area contributed by atoms with Crippen LogP contribution in [-0.4, -0.2) is 42.7 Å². The maximum absolute atomic E-state index is 11.9. The summed E-state index contributed by atoms with van der Waals surface area (Å²) in [6, 6.07) is 0. The Bertz CT molecular complexity index is 535. The average molecular weight is 294 g/mol. The maximum Gasteiger partial charge on any atom is 0.308 e. The van der Waals surface area contributed by atoms with Gasteiger partial charge in [-0.3, -0.25) is 9.59 Å². The molecule has 0 saturated carbocycles. The summed E-state index contributed by atoms with van der Waals surface area (Å²) < 4.78 is 4.76. The average Bonchev–Trinajstić information content (AvgIpc) is 2.53. The second kappa shape index (κ2) is 7.21. The van der Waals surface area contributed by atoms with Crippen LogP contribution in [-0.2, 0) is 16.0 Å². The molecule has 1 aromatic heterocycles. The smallest absolute Gasteiger partial charge is 0.308 e. The predicted molar refractivity (Wildman–Crippen MR) is 79.2 cm³/mol. The first-order valence-electron chi connectivity index (χ1n) is 7.27. The van der Waals surface area contributed by atoms with Crippen LogP contribution in [0.4, 0.5) is 5.82 Å². The summed E-state index contributed by atoms with van der Waals surface area (Å²) in [7, 11) is 1.40. The van der Waals surface area contributed by atoms with Crippen LogP contribution in [0.25, 0.3) is 0 Å². The molecule has 1 saturated heterocycles. The van der Waals surface area contributed by atoms with E-state index in [2.05, 4.69) is 9.97 Å². The van der Waals surface area contributed by atoms with Gasteiger partial charge in [0.05, 0.1) is 18.7 Å². The molecule has 21 heavy (non-hydrogen) atoms. The van der Waals surface area contributed by atoms with E-state index in [9.17, 15) is 9.59 Å². The number of esters is 1. The Balaban J connectivity index is 2.05. The van der Waals surface area contributed by atoms with Gasteiger partial charge < -0.3 is 20.4 Å². The van der Waals surface area contributed by atoms with Crippen molar-refractivity contribution in [2.24, 2.45) is 11.7 Å². The van der Waals surface area contributed by atoms with Gasteiger partial charge in [0.1, 0.15) is 0 Å². The normalized spacial score (nSPS) is 16.0. The minimum atomic E-state index is -0.192. The van der Waals surface area contributed by atoms with Crippen molar-refractivity contribution in [3.05, 3.63) is 22.2 Å². The van der Waals surface area contributed by atoms with E-state index in [1.165, 1.54) is 7.11 Å². The Morgan fingerprint density at radius 3 is 2.86 bits per heavy atom. The van der Waals surface area contributed by atoms with Crippen LogP contribution < -0.4 is 16.2 Å². The van der Waals surface area contributed by atoms with Gasteiger partial charge in [0.15, 0.2) is 5.82 Å². The number of rotatable bonds is 5. The van der Waals surface area contributed by atoms with Crippen LogP contribution >= 0.6 is 0 Å². The van der Waals surface area contributed by atoms with E-state index in [4.69, 9.17) is 10.5 Å². The Morgan fingerprint density at radius 1 is 1.52 bits per heavy atom. The van der Waals surface area contributed by atoms with Crippen molar-refractivity contribution in [3.8, 4) is 0 Å². The molecule has 3 N–H and O–H groups in total. The summed E-state index contributed by atoms with van der Waals surface area (Å²) in [6.45, 7) is 1.87. The van der Waals surface area contributed by atoms with Gasteiger partial charge in [0, 0.05) is 19.3 Å². The highest BCUT2D eigenvalue weighted by Gasteiger charge is 2.27. The molecule has 116 valence electrons. The van der Waals surface area contributed by atoms with Crippen molar-refractivity contribution < 1.29 is 9.53 Å². The molecule has 7 heteroatoms. The van der Waals surface area contributed by atoms with Crippen molar-refractivity contribution in [2.45, 2.75) is 25.7 Å². The lowest BCUT2D eigenvalue weighted by Crippen LogP contribution is -2.40. The fourth-order valence-electron chi connectivity index (χ4n) is 2.55. The number of anilines is 1. The van der Waals surface area contributed by atoms with Crippen LogP contribution in [0.1, 0.15) is 25.0 Å². The van der Waals surface area contributed by atoms with Crippen LogP contribution in [0.2, 0.25) is 0 Å². The first-order chi connectivity index (χ1) is 10.2. The second-order valence-electron chi connectivity index (χ2n) is 5.22. The first kappa shape index (κ1) is 15.5. The van der Waals surface area contributed by atoms with Gasteiger partial charge in [-0.1, -0.05) is 0 Å². The van der Waals surface area contributed by atoms with E-state index >= 15 is 0 Å². The number of carbonyl (C=O) groups excluding carboxylic acids is 1. The number of aromatic amines is 1. The van der Waals surface area contributed by atoms with E-state index in [-0.39, 0.29) is 17.4 Å². The van der Waals surface area contributed by atoms with E-state index in [0.29, 0.717) is 38.3 Å². The Kier molecular flexibility index (Phi) is 5.32. The maximum atomic E-state index is 11.9. The molecule has 2 rings (SSSR count). The molecule has 7 nitrogen and oxygen atoms in total. The number of carbonyl (C=O) groups is 1. The number of aryl methyl sites for hydroxylation is 1. The number of aromatic nitrogens is 2. The van der Waals surface area contributed by atoms with Gasteiger partial charge >= 0.3 is 5.97 Å². The molecule has 1 fully saturated rings. The molecule has 0 aromatic carbocycles. The highest BCUT2D eigenvalue weighted by Crippen LogP contribution is 2.21. The largest absolute Gasteiger partial charge is 0.469 e. The Labute approximate surface area is 123 Å². The van der Waals surface area contributed by atoms with Gasteiger partial charge in [-0.15, -0.1) is 0 Å². The van der Waals surface area contributed by atoms with E-state index < -0.39 is 0 Å². The summed E-state index contributed by atoms with van der Waals surface area (Å²) in [5.41, 5.74) is 6.14. The fourth-order valence-corrected chi connectivity index (χ4v) is 2.55. The lowest BCUT2D eigenvalue weighted by atomic mass is 9.97. The Hall–Kier alpha value is -1.89. The number of nitrogens with two attached hydrogens (primary N) is 1. The van der Waals surface area contributed by atoms with E-state index in [1.54, 1.807) is 6.20 Å². The molecule has 0 spiro atoms. The van der Waals surface area contributed by atoms with Crippen molar-refractivity contribution in [1.29, 1.82) is 0 Å². The predicted octanol–water partition coefficient (Wildman–Crippen LogP) is 0.0506. The highest BCUT2D eigenvalue weighted by atomic mass is 16.5. The quantitative estimate of drug-likeness (QED) is 0.744. The minimum Gasteiger partial charge on any atom is -0.469 e. The summed E-state index contributed by atoms with van der Waals surface area (Å²) >= 11 is 0. The summed E-state index contributed by atoms with van der Waals surface area (Å²) in [4.78, 5) is 32.5. The molecular weight excluding hydrogens is 272 g/mol. The second-order valence-corrected chi connectivity index (χ2v) is 5.22. The number of nitrogens with one attached hydrogen (secondary N) is 1. The first-order valence-corrected chi connectivity index (χ1v) is 7.27. The van der Waals surface area contributed by atoms with Gasteiger partial charge in [0.25, 0.3) is 5.56 Å². The monoisotopic (exact) mass is 294 g/mol. The number of ether oxygens (including phenoxy) is 1. The molecule has 0 radical (unpaired) electrons. The molecule has 0 amide bonds. The van der Waals surface area contributed by atoms with Crippen molar-refractivity contribution in [1.82, 2.24) is 9.97 Å². The summed E-state index contributed by atoms with van der Waals surface area (Å²) in [5.74, 6) is 0.187. The molecule has 0 unspecified atom stereocenters. The lowest BCUT2D eigenvalue weighted by molar-refractivity contribution is -0.146. The zero-order chi connectivity index (χ0) is 15.2. The molecular formula is C14H22N4O3. The third-order valence-corrected chi connectivity index (χ3v) is 3.79. The SMILES string of the molecule is COC(=O)C1CCN(c2nc(CCCN)c[nH]c2=O)CC1. The molecule has 0 bridgehead atoms. The number of hydrogen-bond acceptors (Lipinski definition) is 6. The topological polar surface area (TPSA) is 101 Å². The van der Waals surface area contributed by atoms with Crippen LogP contribution in [0.5, 0.6) is 0 Å². The Morgan fingerprint density at radius 2 is 2.24 bits per heavy atom. The molecule has 2 heterocycles. The van der Waals surface area contributed by atoms with Gasteiger partial charge in [-0.2, -0.15) is 0 Å². The number of H-pyrrole nitrogens is 1. The molecule has 1 aliphatic heterocycles. The highest BCUT2D eigenvalue weighted by molar-refractivity contribution is 5.72. The zero-order valence-electron chi connectivity index (χ0n) is 12.3. The van der Waals surface area contributed by atoms with Crippen LogP contribution in [0.3, 0.4) is 0 Å². The molecule has 1 aliphatic rings. The molecule has 0 atom stereocenters. The number of piperidine rings is 1. The number of hydrogen-bond donors (Lipinski definition) is 2. The number of methoxy groups -OCH3 is 1. The zero-order valence-corrected chi connectivity index (χ0v) is 12.3. The molecule has 1 aromatic rings. The van der Waals surface area contributed by atoms with E-state index in [0.717, 1.165) is 18.5 Å². The fraction of sp³-hybridized carbons (Fsp3) is 0.643. The van der Waals surface area contributed by atoms with Crippen LogP contribution in [0.15, 0.2) is 11.0 Å². The minimum absolute atomic E-state index is 0.0780. The van der Waals surface area contributed by atoms with Crippen molar-refractivity contribution in [3.63, 3.8) is 0 Å². The molecule has 0 aliphatic carbocycles. The summed E-state index contributed by atoms with van der Waals surface area (Å²) in [6.07, 6.45) is 4.59. The standard InChI is InChI=1S/C14H22N4O3/c1-21-14(20)10-4-7-18(8-5-10)12-13(19)16-9-11(17-12)3-2-6-15/h9-10H,2-8,15H2,1H3,(H,16,19). The van der Waals surface area contributed by atoms with E-state index in [1.807, 2.05) is 4.90 Å². The van der Waals surface area contributed by atoms with Crippen molar-refractivity contribution >= 4 is 11.8 Å².